The first-order valence-electron chi connectivity index (χ1n) is 3.40. The van der Waals surface area contributed by atoms with E-state index in [1.54, 1.807) is 0 Å². The Morgan fingerprint density at radius 2 is 2.22 bits per heavy atom. The van der Waals surface area contributed by atoms with Crippen LogP contribution in [-0.2, 0) is 4.74 Å². The number of hydrogen-bond acceptors (Lipinski definition) is 2. The minimum atomic E-state index is 0.793. The fraction of sp³-hybridized carbons (Fsp3) is 0.714. The molecule has 0 aromatic carbocycles. The van der Waals surface area contributed by atoms with Crippen LogP contribution in [0.1, 0.15) is 26.2 Å². The van der Waals surface area contributed by atoms with Crippen molar-refractivity contribution in [3.8, 4) is 0 Å². The van der Waals surface area contributed by atoms with Gasteiger partial charge in [0.2, 0.25) is 0 Å². The van der Waals surface area contributed by atoms with E-state index in [0.29, 0.717) is 0 Å². The second-order valence-corrected chi connectivity index (χ2v) is 1.91. The molecule has 0 amide bonds. The molecule has 0 aromatic rings. The summed E-state index contributed by atoms with van der Waals surface area (Å²) in [6, 6.07) is 0. The van der Waals surface area contributed by atoms with Crippen LogP contribution in [0, 0.1) is 0 Å². The van der Waals surface area contributed by atoms with Crippen LogP contribution in [0.25, 0.3) is 0 Å². The van der Waals surface area contributed by atoms with E-state index in [9.17, 15) is 0 Å². The van der Waals surface area contributed by atoms with Crippen LogP contribution in [0.5, 0.6) is 0 Å². The van der Waals surface area contributed by atoms with Gasteiger partial charge in [-0.25, -0.2) is 0 Å². The van der Waals surface area contributed by atoms with Gasteiger partial charge in [0.15, 0.2) is 0 Å². The van der Waals surface area contributed by atoms with E-state index in [0.717, 1.165) is 13.0 Å². The van der Waals surface area contributed by atoms with Crippen molar-refractivity contribution in [1.82, 2.24) is 0 Å². The third kappa shape index (κ3) is 7.34. The second kappa shape index (κ2) is 7.34. The number of unbranched alkanes of at least 4 members (excludes halogenated alkanes) is 2. The van der Waals surface area contributed by atoms with E-state index in [1.165, 1.54) is 25.3 Å². The smallest absolute Gasteiger partial charge is 0.0983 e. The highest BCUT2D eigenvalue weighted by Gasteiger charge is 1.81. The van der Waals surface area contributed by atoms with Crippen LogP contribution in [0.15, 0.2) is 12.5 Å². The molecule has 0 saturated carbocycles. The molecule has 0 aromatic heterocycles. The number of ether oxygens (including phenoxy) is 1. The second-order valence-electron chi connectivity index (χ2n) is 1.91. The first-order chi connectivity index (χ1) is 4.41. The van der Waals surface area contributed by atoms with Gasteiger partial charge in [-0.1, -0.05) is 19.8 Å². The summed E-state index contributed by atoms with van der Waals surface area (Å²) in [6.45, 7) is 2.96. The molecule has 0 rings (SSSR count). The summed E-state index contributed by atoms with van der Waals surface area (Å²) in [5, 5.41) is 0. The Morgan fingerprint density at radius 3 is 2.78 bits per heavy atom. The first-order valence-corrected chi connectivity index (χ1v) is 3.40. The zero-order valence-corrected chi connectivity index (χ0v) is 5.97. The highest BCUT2D eigenvalue weighted by atomic mass is 16.5. The molecule has 0 aliphatic carbocycles. The molecule has 9 heavy (non-hydrogen) atoms. The van der Waals surface area contributed by atoms with Gasteiger partial charge in [0, 0.05) is 6.20 Å². The molecule has 0 aliphatic rings. The van der Waals surface area contributed by atoms with Crippen molar-refractivity contribution >= 4 is 0 Å². The molecule has 0 atom stereocenters. The molecule has 0 unspecified atom stereocenters. The SMILES string of the molecule is CCCCCOC=CN. The fourth-order valence-corrected chi connectivity index (χ4v) is 0.559. The van der Waals surface area contributed by atoms with Crippen LogP contribution in [0.3, 0.4) is 0 Å². The largest absolute Gasteiger partial charge is 0.500 e. The highest BCUT2D eigenvalue weighted by Crippen LogP contribution is 1.93. The Balaban J connectivity index is 2.75. The third-order valence-electron chi connectivity index (χ3n) is 1.04. The van der Waals surface area contributed by atoms with Gasteiger partial charge in [0.25, 0.3) is 0 Å². The van der Waals surface area contributed by atoms with Crippen molar-refractivity contribution < 1.29 is 4.74 Å². The van der Waals surface area contributed by atoms with E-state index >= 15 is 0 Å². The van der Waals surface area contributed by atoms with E-state index in [1.807, 2.05) is 0 Å². The summed E-state index contributed by atoms with van der Waals surface area (Å²) in [5.74, 6) is 0. The quantitative estimate of drug-likeness (QED) is 0.452. The predicted octanol–water partition coefficient (Wildman–Crippen LogP) is 1.62. The third-order valence-corrected chi connectivity index (χ3v) is 1.04. The lowest BCUT2D eigenvalue weighted by atomic mass is 10.3. The molecule has 0 fully saturated rings. The molecule has 2 nitrogen and oxygen atoms in total. The van der Waals surface area contributed by atoms with Crippen LogP contribution in [-0.4, -0.2) is 6.61 Å². The Morgan fingerprint density at radius 1 is 1.44 bits per heavy atom. The maximum Gasteiger partial charge on any atom is 0.0983 e. The summed E-state index contributed by atoms with van der Waals surface area (Å²) in [7, 11) is 0. The van der Waals surface area contributed by atoms with E-state index < -0.39 is 0 Å². The molecule has 2 heteroatoms. The molecule has 0 bridgehead atoms. The average molecular weight is 129 g/mol. The Labute approximate surface area is 56.7 Å². The first kappa shape index (κ1) is 8.34. The normalized spacial score (nSPS) is 10.3. The van der Waals surface area contributed by atoms with Crippen LogP contribution in [0.4, 0.5) is 0 Å². The van der Waals surface area contributed by atoms with Crippen molar-refractivity contribution in [3.05, 3.63) is 12.5 Å². The Kier molecular flexibility index (Phi) is 6.80. The van der Waals surface area contributed by atoms with Crippen LogP contribution < -0.4 is 5.73 Å². The van der Waals surface area contributed by atoms with Crippen molar-refractivity contribution in [2.24, 2.45) is 5.73 Å². The van der Waals surface area contributed by atoms with Gasteiger partial charge in [-0.2, -0.15) is 0 Å². The molecular weight excluding hydrogens is 114 g/mol. The highest BCUT2D eigenvalue weighted by molar-refractivity contribution is 4.62. The van der Waals surface area contributed by atoms with Crippen molar-refractivity contribution in [3.63, 3.8) is 0 Å². The number of hydrogen-bond donors (Lipinski definition) is 1. The molecule has 0 spiro atoms. The monoisotopic (exact) mass is 129 g/mol. The molecule has 0 aliphatic heterocycles. The standard InChI is InChI=1S/C7H15NO/c1-2-3-4-6-9-7-5-8/h5,7H,2-4,6,8H2,1H3. The maximum absolute atomic E-state index is 5.04. The van der Waals surface area contributed by atoms with Gasteiger partial charge in [-0.05, 0) is 6.42 Å². The predicted molar refractivity (Wildman–Crippen MR) is 38.8 cm³/mol. The zero-order valence-electron chi connectivity index (χ0n) is 5.97. The van der Waals surface area contributed by atoms with Gasteiger partial charge in [0.1, 0.15) is 0 Å². The number of nitrogens with two attached hydrogens (primary N) is 1. The molecule has 0 radical (unpaired) electrons. The molecule has 54 valence electrons. The lowest BCUT2D eigenvalue weighted by molar-refractivity contribution is 0.241. The van der Waals surface area contributed by atoms with E-state index in [2.05, 4.69) is 6.92 Å². The average Bonchev–Trinajstić information content (AvgIpc) is 1.89. The summed E-state index contributed by atoms with van der Waals surface area (Å²) >= 11 is 0. The Bertz CT molecular complexity index is 71.3. The van der Waals surface area contributed by atoms with Gasteiger partial charge < -0.3 is 10.5 Å². The fourth-order valence-electron chi connectivity index (χ4n) is 0.559. The van der Waals surface area contributed by atoms with Gasteiger partial charge in [-0.3, -0.25) is 0 Å². The molecule has 2 N–H and O–H groups in total. The van der Waals surface area contributed by atoms with Crippen LogP contribution >= 0.6 is 0 Å². The maximum atomic E-state index is 5.04. The van der Waals surface area contributed by atoms with Gasteiger partial charge in [-0.15, -0.1) is 0 Å². The minimum absolute atomic E-state index is 0.793. The summed E-state index contributed by atoms with van der Waals surface area (Å²) < 4.78 is 4.98. The summed E-state index contributed by atoms with van der Waals surface area (Å²) in [4.78, 5) is 0. The lowest BCUT2D eigenvalue weighted by Crippen LogP contribution is -1.87. The van der Waals surface area contributed by atoms with Gasteiger partial charge >= 0.3 is 0 Å². The van der Waals surface area contributed by atoms with Crippen molar-refractivity contribution in [2.45, 2.75) is 26.2 Å². The molecular formula is C7H15NO. The Hall–Kier alpha value is -0.660. The van der Waals surface area contributed by atoms with Crippen LogP contribution in [0.2, 0.25) is 0 Å². The summed E-state index contributed by atoms with van der Waals surface area (Å²) in [6.07, 6.45) is 6.52. The number of rotatable bonds is 5. The lowest BCUT2D eigenvalue weighted by Gasteiger charge is -1.96. The minimum Gasteiger partial charge on any atom is -0.500 e. The van der Waals surface area contributed by atoms with E-state index in [-0.39, 0.29) is 0 Å². The van der Waals surface area contributed by atoms with Crippen molar-refractivity contribution in [1.29, 1.82) is 0 Å². The molecule has 0 saturated heterocycles. The molecule has 0 heterocycles. The van der Waals surface area contributed by atoms with E-state index in [4.69, 9.17) is 10.5 Å². The topological polar surface area (TPSA) is 35.2 Å². The van der Waals surface area contributed by atoms with Crippen molar-refractivity contribution in [2.75, 3.05) is 6.61 Å². The zero-order chi connectivity index (χ0) is 6.95. The van der Waals surface area contributed by atoms with Gasteiger partial charge in [0.05, 0.1) is 12.9 Å². The summed E-state index contributed by atoms with van der Waals surface area (Å²) in [5.41, 5.74) is 5.04.